The van der Waals surface area contributed by atoms with Crippen molar-refractivity contribution in [2.24, 2.45) is 5.73 Å². The third-order valence-electron chi connectivity index (χ3n) is 2.14. The van der Waals surface area contributed by atoms with Gasteiger partial charge in [-0.15, -0.1) is 0 Å². The van der Waals surface area contributed by atoms with Crippen molar-refractivity contribution >= 4 is 16.0 Å². The summed E-state index contributed by atoms with van der Waals surface area (Å²) in [5.41, 5.74) is 6.14. The number of carbonyl (C=O) groups is 1. The zero-order chi connectivity index (χ0) is 13.1. The molecular formula is C10H14N2O4S. The lowest BCUT2D eigenvalue weighted by Crippen LogP contribution is -2.42. The lowest BCUT2D eigenvalue weighted by Gasteiger charge is -2.09. The van der Waals surface area contributed by atoms with Gasteiger partial charge in [0.05, 0.1) is 4.90 Å². The largest absolute Gasteiger partial charge is 0.480 e. The minimum absolute atomic E-state index is 0.0840. The summed E-state index contributed by atoms with van der Waals surface area (Å²) in [7, 11) is -3.70. The van der Waals surface area contributed by atoms with Crippen LogP contribution in [-0.4, -0.2) is 32.1 Å². The molecule has 7 heteroatoms. The molecule has 0 unspecified atom stereocenters. The van der Waals surface area contributed by atoms with E-state index >= 15 is 0 Å². The van der Waals surface area contributed by atoms with Gasteiger partial charge in [-0.05, 0) is 19.1 Å². The summed E-state index contributed by atoms with van der Waals surface area (Å²) < 4.78 is 25.6. The van der Waals surface area contributed by atoms with Crippen LogP contribution in [0.2, 0.25) is 0 Å². The molecule has 6 nitrogen and oxygen atoms in total. The van der Waals surface area contributed by atoms with Gasteiger partial charge in [0, 0.05) is 6.54 Å². The number of sulfonamides is 1. The molecule has 94 valence electrons. The van der Waals surface area contributed by atoms with Crippen molar-refractivity contribution in [2.45, 2.75) is 17.9 Å². The highest BCUT2D eigenvalue weighted by Crippen LogP contribution is 2.09. The third kappa shape index (κ3) is 3.81. The molecule has 0 aliphatic rings. The van der Waals surface area contributed by atoms with E-state index in [-0.39, 0.29) is 11.4 Å². The minimum Gasteiger partial charge on any atom is -0.480 e. The number of aryl methyl sites for hydroxylation is 1. The van der Waals surface area contributed by atoms with Crippen molar-refractivity contribution in [2.75, 3.05) is 6.54 Å². The van der Waals surface area contributed by atoms with E-state index in [0.717, 1.165) is 5.56 Å². The molecule has 0 aliphatic carbocycles. The third-order valence-corrected chi connectivity index (χ3v) is 3.58. The van der Waals surface area contributed by atoms with Crippen LogP contribution in [0, 0.1) is 6.92 Å². The van der Waals surface area contributed by atoms with Crippen LogP contribution in [0.3, 0.4) is 0 Å². The maximum absolute atomic E-state index is 11.7. The molecule has 0 radical (unpaired) electrons. The Labute approximate surface area is 99.5 Å². The standard InChI is InChI=1S/C10H14N2O4S/c1-7-2-4-8(5-3-7)17(15,16)12-6-9(11)10(13)14/h2-5,9,12H,6,11H2,1H3,(H,13,14)/t9-/m1/s1. The summed E-state index contributed by atoms with van der Waals surface area (Å²) in [4.78, 5) is 10.5. The number of carboxylic acid groups (broad SMARTS) is 1. The van der Waals surface area contributed by atoms with Crippen LogP contribution in [0.4, 0.5) is 0 Å². The van der Waals surface area contributed by atoms with Gasteiger partial charge >= 0.3 is 5.97 Å². The summed E-state index contributed by atoms with van der Waals surface area (Å²) >= 11 is 0. The lowest BCUT2D eigenvalue weighted by atomic mass is 10.2. The first-order chi connectivity index (χ1) is 7.83. The maximum Gasteiger partial charge on any atom is 0.321 e. The molecule has 1 atom stereocenters. The molecule has 0 aliphatic heterocycles. The molecule has 17 heavy (non-hydrogen) atoms. The first kappa shape index (κ1) is 13.6. The van der Waals surface area contributed by atoms with Crippen LogP contribution in [0.1, 0.15) is 5.56 Å². The zero-order valence-corrected chi connectivity index (χ0v) is 10.1. The van der Waals surface area contributed by atoms with Gasteiger partial charge in [0.15, 0.2) is 0 Å². The molecule has 0 saturated carbocycles. The Bertz CT molecular complexity index is 496. The molecule has 0 bridgehead atoms. The number of hydrogen-bond acceptors (Lipinski definition) is 4. The van der Waals surface area contributed by atoms with Crippen LogP contribution < -0.4 is 10.5 Å². The van der Waals surface area contributed by atoms with Crippen LogP contribution >= 0.6 is 0 Å². The van der Waals surface area contributed by atoms with E-state index in [2.05, 4.69) is 4.72 Å². The summed E-state index contributed by atoms with van der Waals surface area (Å²) in [6.45, 7) is 1.50. The predicted octanol–water partition coefficient (Wildman–Crippen LogP) is -0.315. The van der Waals surface area contributed by atoms with Gasteiger partial charge in [-0.3, -0.25) is 4.79 Å². The van der Waals surface area contributed by atoms with Crippen molar-refractivity contribution in [3.8, 4) is 0 Å². The number of carboxylic acids is 1. The molecule has 0 saturated heterocycles. The average molecular weight is 258 g/mol. The summed E-state index contributed by atoms with van der Waals surface area (Å²) in [5.74, 6) is -1.25. The van der Waals surface area contributed by atoms with E-state index in [4.69, 9.17) is 10.8 Å². The van der Waals surface area contributed by atoms with E-state index in [1.54, 1.807) is 12.1 Å². The number of hydrogen-bond donors (Lipinski definition) is 3. The van der Waals surface area contributed by atoms with Gasteiger partial charge in [-0.25, -0.2) is 13.1 Å². The molecule has 4 N–H and O–H groups in total. The van der Waals surface area contributed by atoms with E-state index in [1.165, 1.54) is 12.1 Å². The van der Waals surface area contributed by atoms with Crippen molar-refractivity contribution < 1.29 is 18.3 Å². The molecule has 0 heterocycles. The van der Waals surface area contributed by atoms with Crippen molar-refractivity contribution in [1.82, 2.24) is 4.72 Å². The highest BCUT2D eigenvalue weighted by atomic mass is 32.2. The summed E-state index contributed by atoms with van der Waals surface area (Å²) in [6.07, 6.45) is 0. The average Bonchev–Trinajstić information content (AvgIpc) is 2.26. The van der Waals surface area contributed by atoms with Crippen molar-refractivity contribution in [3.63, 3.8) is 0 Å². The van der Waals surface area contributed by atoms with Gasteiger partial charge in [-0.1, -0.05) is 17.7 Å². The maximum atomic E-state index is 11.7. The smallest absolute Gasteiger partial charge is 0.321 e. The molecule has 1 aromatic carbocycles. The number of benzene rings is 1. The Morgan fingerprint density at radius 2 is 1.94 bits per heavy atom. The number of nitrogens with two attached hydrogens (primary N) is 1. The Morgan fingerprint density at radius 1 is 1.41 bits per heavy atom. The van der Waals surface area contributed by atoms with Crippen LogP contribution in [-0.2, 0) is 14.8 Å². The Balaban J connectivity index is 2.76. The summed E-state index contributed by atoms with van der Waals surface area (Å²) in [6, 6.07) is 4.96. The lowest BCUT2D eigenvalue weighted by molar-refractivity contribution is -0.138. The van der Waals surface area contributed by atoms with Crippen LogP contribution in [0.15, 0.2) is 29.2 Å². The van der Waals surface area contributed by atoms with Crippen LogP contribution in [0.5, 0.6) is 0 Å². The molecular weight excluding hydrogens is 244 g/mol. The monoisotopic (exact) mass is 258 g/mol. The highest BCUT2D eigenvalue weighted by Gasteiger charge is 2.18. The quantitative estimate of drug-likeness (QED) is 0.671. The molecule has 0 spiro atoms. The Morgan fingerprint density at radius 3 is 2.41 bits per heavy atom. The summed E-state index contributed by atoms with van der Waals surface area (Å²) in [5, 5.41) is 8.53. The van der Waals surface area contributed by atoms with Gasteiger partial charge < -0.3 is 10.8 Å². The van der Waals surface area contributed by atoms with E-state index in [1.807, 2.05) is 6.92 Å². The molecule has 1 rings (SSSR count). The van der Waals surface area contributed by atoms with Crippen molar-refractivity contribution in [3.05, 3.63) is 29.8 Å². The second kappa shape index (κ2) is 5.26. The van der Waals surface area contributed by atoms with Gasteiger partial charge in [-0.2, -0.15) is 0 Å². The first-order valence-electron chi connectivity index (χ1n) is 4.87. The van der Waals surface area contributed by atoms with Crippen LogP contribution in [0.25, 0.3) is 0 Å². The van der Waals surface area contributed by atoms with Gasteiger partial charge in [0.25, 0.3) is 0 Å². The predicted molar refractivity (Wildman–Crippen MR) is 62.0 cm³/mol. The molecule has 0 aromatic heterocycles. The second-order valence-corrected chi connectivity index (χ2v) is 5.38. The first-order valence-corrected chi connectivity index (χ1v) is 6.36. The number of nitrogens with one attached hydrogen (secondary N) is 1. The topological polar surface area (TPSA) is 109 Å². The highest BCUT2D eigenvalue weighted by molar-refractivity contribution is 7.89. The number of rotatable bonds is 5. The zero-order valence-electron chi connectivity index (χ0n) is 9.25. The Kier molecular flexibility index (Phi) is 4.22. The van der Waals surface area contributed by atoms with Gasteiger partial charge in [0.1, 0.15) is 6.04 Å². The SMILES string of the molecule is Cc1ccc(S(=O)(=O)NC[C@@H](N)C(=O)O)cc1. The van der Waals surface area contributed by atoms with E-state index in [0.29, 0.717) is 0 Å². The molecule has 0 amide bonds. The normalized spacial score (nSPS) is 13.3. The molecule has 1 aromatic rings. The van der Waals surface area contributed by atoms with Gasteiger partial charge in [0.2, 0.25) is 10.0 Å². The van der Waals surface area contributed by atoms with E-state index in [9.17, 15) is 13.2 Å². The molecule has 0 fully saturated rings. The fourth-order valence-corrected chi connectivity index (χ4v) is 2.15. The Hall–Kier alpha value is -1.44. The fourth-order valence-electron chi connectivity index (χ4n) is 1.09. The van der Waals surface area contributed by atoms with Crippen molar-refractivity contribution in [1.29, 1.82) is 0 Å². The minimum atomic E-state index is -3.70. The van der Waals surface area contributed by atoms with E-state index < -0.39 is 22.0 Å². The number of aliphatic carboxylic acids is 1. The fraction of sp³-hybridized carbons (Fsp3) is 0.300. The second-order valence-electron chi connectivity index (χ2n) is 3.61.